The second kappa shape index (κ2) is 8.30. The molecular formula is C22H18ClN3O3S. The number of rotatable bonds is 6. The topological polar surface area (TPSA) is 83.7 Å². The van der Waals surface area contributed by atoms with Gasteiger partial charge in [-0.3, -0.25) is 9.20 Å². The van der Waals surface area contributed by atoms with Crippen LogP contribution in [0.25, 0.3) is 16.2 Å². The second-order valence-corrected chi connectivity index (χ2v) is 8.02. The molecule has 8 heteroatoms. The van der Waals surface area contributed by atoms with Gasteiger partial charge in [0.1, 0.15) is 0 Å². The van der Waals surface area contributed by atoms with Crippen molar-refractivity contribution in [3.63, 3.8) is 0 Å². The van der Waals surface area contributed by atoms with Crippen LogP contribution in [0.4, 0.5) is 5.69 Å². The zero-order valence-corrected chi connectivity index (χ0v) is 17.6. The van der Waals surface area contributed by atoms with Gasteiger partial charge in [0.15, 0.2) is 4.96 Å². The highest BCUT2D eigenvalue weighted by Crippen LogP contribution is 2.25. The van der Waals surface area contributed by atoms with E-state index in [1.165, 1.54) is 29.0 Å². The van der Waals surface area contributed by atoms with Crippen LogP contribution in [0, 0.1) is 0 Å². The summed E-state index contributed by atoms with van der Waals surface area (Å²) in [4.78, 5) is 29.2. The molecular weight excluding hydrogens is 422 g/mol. The fourth-order valence-electron chi connectivity index (χ4n) is 3.14. The fourth-order valence-corrected chi connectivity index (χ4v) is 4.21. The third-order valence-electron chi connectivity index (χ3n) is 4.76. The summed E-state index contributed by atoms with van der Waals surface area (Å²) in [6.07, 6.45) is 3.05. The number of carboxylic acid groups (broad SMARTS) is 1. The fraction of sp³-hybridized carbons (Fsp3) is 0.136. The molecule has 0 saturated heterocycles. The number of aromatic carboxylic acids is 1. The highest BCUT2D eigenvalue weighted by molar-refractivity contribution is 7.15. The number of carbonyl (C=O) groups is 2. The van der Waals surface area contributed by atoms with Crippen LogP contribution in [0.5, 0.6) is 0 Å². The van der Waals surface area contributed by atoms with Crippen LogP contribution in [0.1, 0.15) is 28.5 Å². The average Bonchev–Trinajstić information content (AvgIpc) is 3.31. The van der Waals surface area contributed by atoms with Gasteiger partial charge in [0.05, 0.1) is 22.7 Å². The van der Waals surface area contributed by atoms with Crippen LogP contribution in [0.15, 0.2) is 54.0 Å². The lowest BCUT2D eigenvalue weighted by Crippen LogP contribution is -2.15. The Balaban J connectivity index is 1.52. The molecule has 4 rings (SSSR count). The standard InChI is InChI=1S/C22H18ClN3O3S/c1-2-13-3-5-14(6-4-13)19-11-26-16(12-30-22(26)25-19)10-20(27)24-15-7-8-18(23)17(9-15)21(28)29/h3-9,11-12H,2,10H2,1H3,(H,24,27)(H,28,29). The Bertz CT molecular complexity index is 1240. The molecule has 4 aromatic rings. The molecule has 1 amide bonds. The first kappa shape index (κ1) is 20.1. The van der Waals surface area contributed by atoms with E-state index < -0.39 is 5.97 Å². The number of aryl methyl sites for hydroxylation is 1. The van der Waals surface area contributed by atoms with Crippen LogP contribution in [-0.2, 0) is 17.6 Å². The van der Waals surface area contributed by atoms with E-state index in [1.807, 2.05) is 16.0 Å². The lowest BCUT2D eigenvalue weighted by atomic mass is 10.1. The number of halogens is 1. The van der Waals surface area contributed by atoms with E-state index in [9.17, 15) is 9.59 Å². The van der Waals surface area contributed by atoms with Crippen LogP contribution in [0.3, 0.4) is 0 Å². The summed E-state index contributed by atoms with van der Waals surface area (Å²) >= 11 is 7.35. The van der Waals surface area contributed by atoms with Gasteiger partial charge in [-0.05, 0) is 30.2 Å². The number of thiazole rings is 1. The van der Waals surface area contributed by atoms with Gasteiger partial charge >= 0.3 is 5.97 Å². The predicted molar refractivity (Wildman–Crippen MR) is 119 cm³/mol. The first-order valence-electron chi connectivity index (χ1n) is 9.32. The van der Waals surface area contributed by atoms with Crippen LogP contribution >= 0.6 is 22.9 Å². The highest BCUT2D eigenvalue weighted by atomic mass is 35.5. The molecule has 152 valence electrons. The van der Waals surface area contributed by atoms with Gasteiger partial charge in [-0.1, -0.05) is 42.8 Å². The van der Waals surface area contributed by atoms with Gasteiger partial charge in [-0.2, -0.15) is 0 Å². The summed E-state index contributed by atoms with van der Waals surface area (Å²) in [5.41, 5.74) is 4.29. The van der Waals surface area contributed by atoms with Crippen molar-refractivity contribution in [3.05, 3.63) is 75.9 Å². The number of nitrogens with one attached hydrogen (secondary N) is 1. The second-order valence-electron chi connectivity index (χ2n) is 6.78. The van der Waals surface area contributed by atoms with Crippen molar-refractivity contribution in [2.45, 2.75) is 19.8 Å². The third kappa shape index (κ3) is 4.08. The predicted octanol–water partition coefficient (Wildman–Crippen LogP) is 5.16. The Morgan fingerprint density at radius 3 is 2.67 bits per heavy atom. The maximum absolute atomic E-state index is 12.5. The van der Waals surface area contributed by atoms with Gasteiger partial charge in [0.2, 0.25) is 5.91 Å². The van der Waals surface area contributed by atoms with E-state index in [0.29, 0.717) is 5.69 Å². The number of hydrogen-bond acceptors (Lipinski definition) is 4. The molecule has 30 heavy (non-hydrogen) atoms. The van der Waals surface area contributed by atoms with Crippen molar-refractivity contribution < 1.29 is 14.7 Å². The van der Waals surface area contributed by atoms with Crippen molar-refractivity contribution in [1.82, 2.24) is 9.38 Å². The monoisotopic (exact) mass is 439 g/mol. The third-order valence-corrected chi connectivity index (χ3v) is 5.98. The van der Waals surface area contributed by atoms with Crippen molar-refractivity contribution in [2.75, 3.05) is 5.32 Å². The number of aromatic nitrogens is 2. The molecule has 2 aromatic carbocycles. The van der Waals surface area contributed by atoms with E-state index in [-0.39, 0.29) is 22.9 Å². The lowest BCUT2D eigenvalue weighted by Gasteiger charge is -2.07. The van der Waals surface area contributed by atoms with Gasteiger partial charge < -0.3 is 10.4 Å². The molecule has 2 heterocycles. The molecule has 0 fully saturated rings. The quantitative estimate of drug-likeness (QED) is 0.434. The van der Waals surface area contributed by atoms with Gasteiger partial charge in [-0.15, -0.1) is 11.3 Å². The number of carboxylic acids is 1. The summed E-state index contributed by atoms with van der Waals surface area (Å²) in [6.45, 7) is 2.12. The van der Waals surface area contributed by atoms with E-state index in [2.05, 4.69) is 41.5 Å². The van der Waals surface area contributed by atoms with E-state index in [0.717, 1.165) is 28.3 Å². The van der Waals surface area contributed by atoms with Gasteiger partial charge in [0.25, 0.3) is 0 Å². The Labute approximate surface area is 181 Å². The largest absolute Gasteiger partial charge is 0.478 e. The van der Waals surface area contributed by atoms with Gasteiger partial charge in [-0.25, -0.2) is 9.78 Å². The first-order valence-corrected chi connectivity index (χ1v) is 10.6. The number of fused-ring (bicyclic) bond motifs is 1. The lowest BCUT2D eigenvalue weighted by molar-refractivity contribution is -0.115. The zero-order valence-electron chi connectivity index (χ0n) is 16.1. The number of benzene rings is 2. The van der Waals surface area contributed by atoms with Crippen molar-refractivity contribution in [3.8, 4) is 11.3 Å². The highest BCUT2D eigenvalue weighted by Gasteiger charge is 2.14. The molecule has 2 N–H and O–H groups in total. The first-order chi connectivity index (χ1) is 14.4. The van der Waals surface area contributed by atoms with E-state index in [4.69, 9.17) is 16.7 Å². The number of anilines is 1. The Kier molecular flexibility index (Phi) is 5.57. The number of hydrogen-bond donors (Lipinski definition) is 2. The summed E-state index contributed by atoms with van der Waals surface area (Å²) in [5.74, 6) is -1.40. The Morgan fingerprint density at radius 2 is 1.97 bits per heavy atom. The molecule has 0 radical (unpaired) electrons. The maximum atomic E-state index is 12.5. The molecule has 0 aliphatic carbocycles. The molecule has 0 spiro atoms. The summed E-state index contributed by atoms with van der Waals surface area (Å²) in [7, 11) is 0. The molecule has 0 aliphatic heterocycles. The molecule has 0 saturated carbocycles. The number of nitrogens with zero attached hydrogens (tertiary/aromatic N) is 2. The SMILES string of the molecule is CCc1ccc(-c2cn3c(CC(=O)Nc4ccc(Cl)c(C(=O)O)c4)csc3n2)cc1. The summed E-state index contributed by atoms with van der Waals surface area (Å²) < 4.78 is 1.91. The Hall–Kier alpha value is -3.16. The van der Waals surface area contributed by atoms with Crippen LogP contribution < -0.4 is 5.32 Å². The van der Waals surface area contributed by atoms with E-state index in [1.54, 1.807) is 6.07 Å². The summed E-state index contributed by atoms with van der Waals surface area (Å²) in [6, 6.07) is 12.7. The zero-order chi connectivity index (χ0) is 21.3. The number of carbonyl (C=O) groups excluding carboxylic acids is 1. The minimum Gasteiger partial charge on any atom is -0.478 e. The molecule has 0 unspecified atom stereocenters. The molecule has 6 nitrogen and oxygen atoms in total. The van der Waals surface area contributed by atoms with Crippen molar-refractivity contribution in [2.24, 2.45) is 0 Å². The molecule has 0 aliphatic rings. The van der Waals surface area contributed by atoms with E-state index >= 15 is 0 Å². The summed E-state index contributed by atoms with van der Waals surface area (Å²) in [5, 5.41) is 13.9. The van der Waals surface area contributed by atoms with Gasteiger partial charge in [0, 0.05) is 28.5 Å². The molecule has 0 atom stereocenters. The van der Waals surface area contributed by atoms with Crippen LogP contribution in [-0.4, -0.2) is 26.4 Å². The smallest absolute Gasteiger partial charge is 0.337 e. The number of imidazole rings is 1. The molecule has 2 aromatic heterocycles. The van der Waals surface area contributed by atoms with Crippen molar-refractivity contribution in [1.29, 1.82) is 0 Å². The average molecular weight is 440 g/mol. The number of amides is 1. The Morgan fingerprint density at radius 1 is 1.20 bits per heavy atom. The minimum absolute atomic E-state index is 0.0549. The normalized spacial score (nSPS) is 11.0. The molecule has 0 bridgehead atoms. The van der Waals surface area contributed by atoms with Crippen molar-refractivity contribution >= 4 is 45.5 Å². The van der Waals surface area contributed by atoms with Crippen LogP contribution in [0.2, 0.25) is 5.02 Å². The minimum atomic E-state index is -1.14. The maximum Gasteiger partial charge on any atom is 0.337 e.